The Morgan fingerprint density at radius 1 is 1.02 bits per heavy atom. The number of methoxy groups -OCH3 is 1. The van der Waals surface area contributed by atoms with Crippen LogP contribution in [-0.4, -0.2) is 50.8 Å². The first-order chi connectivity index (χ1) is 23.8. The third-order valence-electron chi connectivity index (χ3n) is 9.39. The van der Waals surface area contributed by atoms with Crippen LogP contribution in [0.2, 0.25) is 5.02 Å². The van der Waals surface area contributed by atoms with Crippen molar-refractivity contribution in [2.45, 2.75) is 44.2 Å². The molecule has 2 N–H and O–H groups in total. The van der Waals surface area contributed by atoms with E-state index in [1.54, 1.807) is 19.4 Å². The average Bonchev–Trinajstić information content (AvgIpc) is 4.04. The van der Waals surface area contributed by atoms with Gasteiger partial charge in [-0.05, 0) is 84.2 Å². The molecule has 0 radical (unpaired) electrons. The first-order valence-corrected chi connectivity index (χ1v) is 16.7. The molecule has 49 heavy (non-hydrogen) atoms. The minimum atomic E-state index is -0.366. The summed E-state index contributed by atoms with van der Waals surface area (Å²) in [4.78, 5) is 51.8. The highest BCUT2D eigenvalue weighted by Crippen LogP contribution is 2.48. The molecule has 2 aromatic carbocycles. The molecule has 0 spiro atoms. The van der Waals surface area contributed by atoms with Gasteiger partial charge in [-0.15, -0.1) is 0 Å². The van der Waals surface area contributed by atoms with Gasteiger partial charge in [0.25, 0.3) is 5.91 Å². The summed E-state index contributed by atoms with van der Waals surface area (Å²) in [6.07, 6.45) is 8.62. The first-order valence-electron chi connectivity index (χ1n) is 16.4. The molecular formula is C37H34ClN7O4. The van der Waals surface area contributed by atoms with E-state index in [-0.39, 0.29) is 42.8 Å². The maximum atomic E-state index is 13.7. The fourth-order valence-corrected chi connectivity index (χ4v) is 6.68. The molecule has 4 heterocycles. The van der Waals surface area contributed by atoms with Gasteiger partial charge in [-0.2, -0.15) is 0 Å². The van der Waals surface area contributed by atoms with E-state index in [0.717, 1.165) is 47.3 Å². The fourth-order valence-electron chi connectivity index (χ4n) is 6.49. The third-order valence-corrected chi connectivity index (χ3v) is 9.62. The number of carbonyl (C=O) groups is 3. The number of benzene rings is 2. The van der Waals surface area contributed by atoms with Gasteiger partial charge >= 0.3 is 6.03 Å². The van der Waals surface area contributed by atoms with Crippen molar-refractivity contribution < 1.29 is 19.1 Å². The van der Waals surface area contributed by atoms with Gasteiger partial charge in [0.1, 0.15) is 18.1 Å². The summed E-state index contributed by atoms with van der Waals surface area (Å²) in [7, 11) is 1.60. The van der Waals surface area contributed by atoms with E-state index in [9.17, 15) is 14.4 Å². The second kappa shape index (κ2) is 12.6. The molecule has 0 bridgehead atoms. The zero-order chi connectivity index (χ0) is 33.6. The van der Waals surface area contributed by atoms with E-state index in [4.69, 9.17) is 21.3 Å². The van der Waals surface area contributed by atoms with Crippen LogP contribution in [0.1, 0.15) is 53.5 Å². The van der Waals surface area contributed by atoms with E-state index in [2.05, 4.69) is 21.8 Å². The number of hydrogen-bond acceptors (Lipinski definition) is 7. The van der Waals surface area contributed by atoms with Crippen molar-refractivity contribution in [1.82, 2.24) is 19.3 Å². The summed E-state index contributed by atoms with van der Waals surface area (Å²) in [5.74, 6) is 1.33. The normalized spacial score (nSPS) is 18.7. The lowest BCUT2D eigenvalue weighted by atomic mass is 10.1. The second-order valence-corrected chi connectivity index (χ2v) is 13.3. The number of urea groups is 1. The molecule has 248 valence electrons. The number of imide groups is 1. The molecule has 2 saturated carbocycles. The van der Waals surface area contributed by atoms with Crippen molar-refractivity contribution in [2.75, 3.05) is 29.2 Å². The topological polar surface area (TPSA) is 121 Å². The van der Waals surface area contributed by atoms with Crippen molar-refractivity contribution in [1.29, 1.82) is 0 Å². The SMILES string of the molecule is COc1ccc(CN2C(=O)CN(c3cc(C4CC4)cn4cc(CNc5ccnc(NC(=O)[C@H]6C[C@@H]6c6cccc(Cl)c6)c5)nc34)C2=O)cc1. The highest BCUT2D eigenvalue weighted by Gasteiger charge is 2.44. The van der Waals surface area contributed by atoms with Crippen LogP contribution >= 0.6 is 11.6 Å². The molecule has 3 fully saturated rings. The second-order valence-electron chi connectivity index (χ2n) is 12.9. The van der Waals surface area contributed by atoms with Gasteiger partial charge in [0.15, 0.2) is 5.65 Å². The Balaban J connectivity index is 0.965. The zero-order valence-electron chi connectivity index (χ0n) is 26.8. The molecule has 1 aliphatic heterocycles. The van der Waals surface area contributed by atoms with Crippen LogP contribution in [0.25, 0.3) is 5.65 Å². The van der Waals surface area contributed by atoms with Crippen molar-refractivity contribution in [2.24, 2.45) is 5.92 Å². The number of nitrogens with zero attached hydrogens (tertiary/aromatic N) is 5. The van der Waals surface area contributed by atoms with Crippen LogP contribution < -0.4 is 20.3 Å². The molecule has 8 rings (SSSR count). The molecule has 2 aliphatic carbocycles. The van der Waals surface area contributed by atoms with E-state index < -0.39 is 0 Å². The summed E-state index contributed by atoms with van der Waals surface area (Å²) < 4.78 is 7.19. The summed E-state index contributed by atoms with van der Waals surface area (Å²) in [6.45, 7) is 0.524. The van der Waals surface area contributed by atoms with Gasteiger partial charge in [0.05, 0.1) is 31.6 Å². The number of pyridine rings is 2. The summed E-state index contributed by atoms with van der Waals surface area (Å²) in [6, 6.07) is 20.3. The molecule has 3 aromatic heterocycles. The Kier molecular flexibility index (Phi) is 7.91. The summed E-state index contributed by atoms with van der Waals surface area (Å²) in [5, 5.41) is 7.01. The number of ether oxygens (including phenoxy) is 1. The molecule has 0 unspecified atom stereocenters. The van der Waals surface area contributed by atoms with Gasteiger partial charge in [-0.1, -0.05) is 35.9 Å². The number of nitrogens with one attached hydrogen (secondary N) is 2. The van der Waals surface area contributed by atoms with E-state index in [1.165, 1.54) is 9.80 Å². The lowest BCUT2D eigenvalue weighted by Gasteiger charge is -2.19. The summed E-state index contributed by atoms with van der Waals surface area (Å²) >= 11 is 6.14. The van der Waals surface area contributed by atoms with Crippen molar-refractivity contribution in [3.05, 3.63) is 113 Å². The Morgan fingerprint density at radius 3 is 2.63 bits per heavy atom. The van der Waals surface area contributed by atoms with E-state index in [0.29, 0.717) is 40.4 Å². The van der Waals surface area contributed by atoms with Crippen LogP contribution in [0.4, 0.5) is 22.0 Å². The first kappa shape index (κ1) is 30.9. The Hall–Kier alpha value is -5.42. The standard InChI is InChI=1S/C37H34ClN7O4/c1-49-29-9-5-22(6-10-29)18-45-34(46)21-44(37(45)48)32-14-25(23-7-8-23)19-43-20-28(41-35(32)43)17-40-27-11-12-39-33(15-27)42-36(47)31-16-30(31)24-3-2-4-26(38)13-24/h2-6,9-15,19-20,23,30-31H,7-8,16-18,21H2,1H3,(H2,39,40,42,47)/t30-,31+/m1/s1. The van der Waals surface area contributed by atoms with Gasteiger partial charge in [0.2, 0.25) is 5.91 Å². The molecule has 4 amide bonds. The van der Waals surface area contributed by atoms with Gasteiger partial charge < -0.3 is 19.8 Å². The highest BCUT2D eigenvalue weighted by molar-refractivity contribution is 6.30. The van der Waals surface area contributed by atoms with Crippen molar-refractivity contribution >= 4 is 52.3 Å². The Bertz CT molecular complexity index is 2090. The monoisotopic (exact) mass is 675 g/mol. The number of imidazole rings is 1. The molecule has 11 nitrogen and oxygen atoms in total. The molecule has 5 aromatic rings. The van der Waals surface area contributed by atoms with Gasteiger partial charge in [-0.25, -0.2) is 14.8 Å². The van der Waals surface area contributed by atoms with Crippen molar-refractivity contribution in [3.8, 4) is 5.75 Å². The smallest absolute Gasteiger partial charge is 0.332 e. The van der Waals surface area contributed by atoms with Crippen LogP contribution in [-0.2, 0) is 22.7 Å². The number of anilines is 3. The number of aromatic nitrogens is 3. The number of carbonyl (C=O) groups excluding carboxylic acids is 3. The van der Waals surface area contributed by atoms with Crippen LogP contribution in [0, 0.1) is 5.92 Å². The number of hydrogen-bond donors (Lipinski definition) is 2. The molecule has 1 saturated heterocycles. The Labute approximate surface area is 287 Å². The van der Waals surface area contributed by atoms with Crippen LogP contribution in [0.15, 0.2) is 85.3 Å². The minimum absolute atomic E-state index is 0.0502. The third kappa shape index (κ3) is 6.41. The predicted octanol–water partition coefficient (Wildman–Crippen LogP) is 6.59. The number of halogens is 1. The molecule has 12 heteroatoms. The number of fused-ring (bicyclic) bond motifs is 1. The molecular weight excluding hydrogens is 642 g/mol. The molecule has 2 atom stereocenters. The van der Waals surface area contributed by atoms with E-state index >= 15 is 0 Å². The highest BCUT2D eigenvalue weighted by atomic mass is 35.5. The molecule has 3 aliphatic rings. The number of amides is 4. The quantitative estimate of drug-likeness (QED) is 0.152. The van der Waals surface area contributed by atoms with Crippen LogP contribution in [0.5, 0.6) is 5.75 Å². The Morgan fingerprint density at radius 2 is 1.86 bits per heavy atom. The lowest BCUT2D eigenvalue weighted by molar-refractivity contribution is -0.125. The summed E-state index contributed by atoms with van der Waals surface area (Å²) in [5.41, 5.74) is 5.79. The van der Waals surface area contributed by atoms with Crippen molar-refractivity contribution in [3.63, 3.8) is 0 Å². The minimum Gasteiger partial charge on any atom is -0.497 e. The van der Waals surface area contributed by atoms with Gasteiger partial charge in [-0.3, -0.25) is 19.4 Å². The fraction of sp³-hybridized carbons (Fsp3) is 0.270. The van der Waals surface area contributed by atoms with E-state index in [1.807, 2.05) is 71.3 Å². The lowest BCUT2D eigenvalue weighted by Crippen LogP contribution is -2.32. The maximum Gasteiger partial charge on any atom is 0.332 e. The average molecular weight is 676 g/mol. The predicted molar refractivity (Wildman–Crippen MR) is 186 cm³/mol. The van der Waals surface area contributed by atoms with Crippen LogP contribution in [0.3, 0.4) is 0 Å². The maximum absolute atomic E-state index is 13.7. The number of rotatable bonds is 11. The largest absolute Gasteiger partial charge is 0.497 e. The van der Waals surface area contributed by atoms with Gasteiger partial charge in [0, 0.05) is 41.3 Å². The zero-order valence-corrected chi connectivity index (χ0v) is 27.6.